The van der Waals surface area contributed by atoms with Crippen LogP contribution in [0, 0.1) is 0 Å². The van der Waals surface area contributed by atoms with Crippen molar-refractivity contribution in [3.63, 3.8) is 0 Å². The van der Waals surface area contributed by atoms with Gasteiger partial charge in [0.15, 0.2) is 0 Å². The summed E-state index contributed by atoms with van der Waals surface area (Å²) in [6.07, 6.45) is 0. The van der Waals surface area contributed by atoms with Crippen LogP contribution in [0.25, 0.3) is 0 Å². The first-order valence-corrected chi connectivity index (χ1v) is 7.29. The van der Waals surface area contributed by atoms with Crippen LogP contribution in [0.4, 0.5) is 11.4 Å². The second-order valence-electron chi connectivity index (χ2n) is 4.31. The lowest BCUT2D eigenvalue weighted by atomic mass is 10.3. The van der Waals surface area contributed by atoms with Crippen LogP contribution in [0.1, 0.15) is 0 Å². The minimum atomic E-state index is -3.40. The molecular formula is C14H16N2O2S. The third-order valence-electron chi connectivity index (χ3n) is 2.68. The lowest BCUT2D eigenvalue weighted by Crippen LogP contribution is -2.22. The van der Waals surface area contributed by atoms with Gasteiger partial charge in [-0.15, -0.1) is 0 Å². The topological polar surface area (TPSA) is 49.4 Å². The summed E-state index contributed by atoms with van der Waals surface area (Å²) < 4.78 is 25.3. The molecule has 0 fully saturated rings. The smallest absolute Gasteiger partial charge is 0.242 e. The molecule has 0 amide bonds. The molecule has 0 saturated carbocycles. The highest BCUT2D eigenvalue weighted by molar-refractivity contribution is 7.89. The fourth-order valence-electron chi connectivity index (χ4n) is 1.63. The number of benzene rings is 2. The summed E-state index contributed by atoms with van der Waals surface area (Å²) in [5.74, 6) is 0. The molecule has 0 bridgehead atoms. The van der Waals surface area contributed by atoms with Crippen molar-refractivity contribution in [2.75, 3.05) is 19.4 Å². The van der Waals surface area contributed by atoms with Gasteiger partial charge in [0, 0.05) is 25.5 Å². The lowest BCUT2D eigenvalue weighted by molar-refractivity contribution is 0.521. The fourth-order valence-corrected chi connectivity index (χ4v) is 2.58. The molecule has 1 N–H and O–H groups in total. The van der Waals surface area contributed by atoms with Crippen LogP contribution in [0.5, 0.6) is 0 Å². The minimum absolute atomic E-state index is 0.276. The van der Waals surface area contributed by atoms with Crippen LogP contribution < -0.4 is 5.32 Å². The van der Waals surface area contributed by atoms with E-state index in [0.29, 0.717) is 0 Å². The second kappa shape index (κ2) is 5.42. The molecule has 100 valence electrons. The molecule has 0 heterocycles. The largest absolute Gasteiger partial charge is 0.355 e. The minimum Gasteiger partial charge on any atom is -0.355 e. The number of rotatable bonds is 4. The fraction of sp³-hybridized carbons (Fsp3) is 0.143. The highest BCUT2D eigenvalue weighted by atomic mass is 32.2. The van der Waals surface area contributed by atoms with E-state index in [1.807, 2.05) is 36.4 Å². The van der Waals surface area contributed by atoms with E-state index in [9.17, 15) is 8.42 Å². The third kappa shape index (κ3) is 3.13. The molecule has 0 aliphatic heterocycles. The van der Waals surface area contributed by atoms with Gasteiger partial charge in [0.05, 0.1) is 4.90 Å². The molecular weight excluding hydrogens is 260 g/mol. The van der Waals surface area contributed by atoms with Crippen LogP contribution >= 0.6 is 0 Å². The van der Waals surface area contributed by atoms with Gasteiger partial charge in [-0.2, -0.15) is 0 Å². The van der Waals surface area contributed by atoms with Gasteiger partial charge >= 0.3 is 0 Å². The number of hydrogen-bond acceptors (Lipinski definition) is 3. The Morgan fingerprint density at radius 2 is 1.53 bits per heavy atom. The second-order valence-corrected chi connectivity index (χ2v) is 6.46. The maximum absolute atomic E-state index is 12.0. The third-order valence-corrected chi connectivity index (χ3v) is 4.49. The average Bonchev–Trinajstić information content (AvgIpc) is 2.40. The van der Waals surface area contributed by atoms with Gasteiger partial charge in [0.1, 0.15) is 0 Å². The molecule has 0 aliphatic rings. The highest BCUT2D eigenvalue weighted by Crippen LogP contribution is 2.21. The number of hydrogen-bond donors (Lipinski definition) is 1. The van der Waals surface area contributed by atoms with Gasteiger partial charge in [-0.05, 0) is 30.3 Å². The number of para-hydroxylation sites is 1. The Morgan fingerprint density at radius 1 is 0.895 bits per heavy atom. The molecule has 0 aliphatic carbocycles. The van der Waals surface area contributed by atoms with Gasteiger partial charge in [0.2, 0.25) is 10.0 Å². The zero-order valence-corrected chi connectivity index (χ0v) is 11.7. The van der Waals surface area contributed by atoms with Crippen molar-refractivity contribution < 1.29 is 8.42 Å². The van der Waals surface area contributed by atoms with E-state index in [4.69, 9.17) is 0 Å². The van der Waals surface area contributed by atoms with Crippen molar-refractivity contribution in [1.82, 2.24) is 4.31 Å². The van der Waals surface area contributed by atoms with Crippen molar-refractivity contribution in [2.45, 2.75) is 4.90 Å². The van der Waals surface area contributed by atoms with Crippen LogP contribution in [0.3, 0.4) is 0 Å². The Hall–Kier alpha value is -1.85. The Labute approximate surface area is 113 Å². The summed E-state index contributed by atoms with van der Waals surface area (Å²) in [6, 6.07) is 16.4. The number of anilines is 2. The Balaban J connectivity index is 2.31. The van der Waals surface area contributed by atoms with Gasteiger partial charge in [-0.25, -0.2) is 12.7 Å². The van der Waals surface area contributed by atoms with Crippen molar-refractivity contribution in [1.29, 1.82) is 0 Å². The molecule has 2 aromatic carbocycles. The first kappa shape index (κ1) is 13.6. The molecule has 4 nitrogen and oxygen atoms in total. The number of nitrogens with zero attached hydrogens (tertiary/aromatic N) is 1. The van der Waals surface area contributed by atoms with E-state index in [1.165, 1.54) is 18.4 Å². The molecule has 0 unspecified atom stereocenters. The number of sulfonamides is 1. The Bertz CT molecular complexity index is 652. The average molecular weight is 276 g/mol. The van der Waals surface area contributed by atoms with E-state index in [1.54, 1.807) is 18.2 Å². The maximum atomic E-state index is 12.0. The van der Waals surface area contributed by atoms with Crippen LogP contribution in [0.2, 0.25) is 0 Å². The van der Waals surface area contributed by atoms with Crippen LogP contribution in [-0.4, -0.2) is 26.8 Å². The van der Waals surface area contributed by atoms with Crippen molar-refractivity contribution in [3.8, 4) is 0 Å². The van der Waals surface area contributed by atoms with E-state index in [-0.39, 0.29) is 4.90 Å². The highest BCUT2D eigenvalue weighted by Gasteiger charge is 2.17. The SMILES string of the molecule is CN(C)S(=O)(=O)c1cccc(Nc2ccccc2)c1. The van der Waals surface area contributed by atoms with E-state index >= 15 is 0 Å². The monoisotopic (exact) mass is 276 g/mol. The molecule has 2 rings (SSSR count). The standard InChI is InChI=1S/C14H16N2O2S/c1-16(2)19(17,18)14-10-6-9-13(11-14)15-12-7-4-3-5-8-12/h3-11,15H,1-2H3. The van der Waals surface area contributed by atoms with Crippen molar-refractivity contribution >= 4 is 21.4 Å². The van der Waals surface area contributed by atoms with Gasteiger partial charge < -0.3 is 5.32 Å². The van der Waals surface area contributed by atoms with E-state index in [2.05, 4.69) is 5.32 Å². The van der Waals surface area contributed by atoms with Crippen molar-refractivity contribution in [2.24, 2.45) is 0 Å². The summed E-state index contributed by atoms with van der Waals surface area (Å²) >= 11 is 0. The molecule has 5 heteroatoms. The predicted octanol–water partition coefficient (Wildman–Crippen LogP) is 2.68. The molecule has 0 spiro atoms. The van der Waals surface area contributed by atoms with Crippen molar-refractivity contribution in [3.05, 3.63) is 54.6 Å². The summed E-state index contributed by atoms with van der Waals surface area (Å²) in [7, 11) is -0.357. The van der Waals surface area contributed by atoms with E-state index < -0.39 is 10.0 Å². The zero-order valence-electron chi connectivity index (χ0n) is 10.9. The van der Waals surface area contributed by atoms with Gasteiger partial charge in [0.25, 0.3) is 0 Å². The zero-order chi connectivity index (χ0) is 13.9. The van der Waals surface area contributed by atoms with Crippen LogP contribution in [-0.2, 0) is 10.0 Å². The quantitative estimate of drug-likeness (QED) is 0.934. The van der Waals surface area contributed by atoms with E-state index in [0.717, 1.165) is 11.4 Å². The number of nitrogens with one attached hydrogen (secondary N) is 1. The summed E-state index contributed by atoms with van der Waals surface area (Å²) in [4.78, 5) is 0.276. The Morgan fingerprint density at radius 3 is 2.16 bits per heavy atom. The van der Waals surface area contributed by atoms with Gasteiger partial charge in [-0.3, -0.25) is 0 Å². The molecule has 0 aromatic heterocycles. The predicted molar refractivity (Wildman–Crippen MR) is 77.0 cm³/mol. The Kier molecular flexibility index (Phi) is 3.87. The van der Waals surface area contributed by atoms with Crippen LogP contribution in [0.15, 0.2) is 59.5 Å². The molecule has 0 saturated heterocycles. The molecule has 19 heavy (non-hydrogen) atoms. The molecule has 2 aromatic rings. The summed E-state index contributed by atoms with van der Waals surface area (Å²) in [5, 5.41) is 3.17. The first-order valence-electron chi connectivity index (χ1n) is 5.85. The molecule has 0 atom stereocenters. The first-order chi connectivity index (χ1) is 9.00. The maximum Gasteiger partial charge on any atom is 0.242 e. The summed E-state index contributed by atoms with van der Waals surface area (Å²) in [5.41, 5.74) is 1.66. The van der Waals surface area contributed by atoms with Gasteiger partial charge in [-0.1, -0.05) is 24.3 Å². The molecule has 0 radical (unpaired) electrons. The normalized spacial score (nSPS) is 11.5. The summed E-state index contributed by atoms with van der Waals surface area (Å²) in [6.45, 7) is 0. The lowest BCUT2D eigenvalue weighted by Gasteiger charge is -2.13.